The van der Waals surface area contributed by atoms with Crippen molar-refractivity contribution >= 4 is 23.0 Å². The molecule has 112 valence electrons. The normalized spacial score (nSPS) is 11.7. The molecule has 0 saturated heterocycles. The minimum absolute atomic E-state index is 0.290. The van der Waals surface area contributed by atoms with E-state index in [1.165, 1.54) is 6.07 Å². The third-order valence-electron chi connectivity index (χ3n) is 2.56. The van der Waals surface area contributed by atoms with Gasteiger partial charge in [0.05, 0.1) is 4.99 Å². The summed E-state index contributed by atoms with van der Waals surface area (Å²) < 4.78 is 38.1. The molecular weight excluding hydrogens is 287 g/mol. The van der Waals surface area contributed by atoms with E-state index in [1.807, 2.05) is 13.8 Å². The van der Waals surface area contributed by atoms with Crippen molar-refractivity contribution < 1.29 is 13.2 Å². The highest BCUT2D eigenvalue weighted by Crippen LogP contribution is 2.29. The van der Waals surface area contributed by atoms with Crippen molar-refractivity contribution in [2.45, 2.75) is 26.4 Å². The third kappa shape index (κ3) is 5.32. The maximum absolute atomic E-state index is 12.7. The van der Waals surface area contributed by atoms with Crippen LogP contribution in [0.4, 0.5) is 19.0 Å². The first kappa shape index (κ1) is 16.7. The first-order valence-electron chi connectivity index (χ1n) is 6.27. The highest BCUT2D eigenvalue weighted by atomic mass is 32.1. The van der Waals surface area contributed by atoms with E-state index in [9.17, 15) is 13.2 Å². The van der Waals surface area contributed by atoms with E-state index < -0.39 is 11.9 Å². The number of alkyl halides is 3. The molecule has 20 heavy (non-hydrogen) atoms. The van der Waals surface area contributed by atoms with Crippen LogP contribution in [0.15, 0.2) is 18.2 Å². The van der Waals surface area contributed by atoms with E-state index >= 15 is 0 Å². The topological polar surface area (TPSA) is 42.1 Å². The molecule has 0 spiro atoms. The lowest BCUT2D eigenvalue weighted by atomic mass is 10.2. The van der Waals surface area contributed by atoms with Crippen molar-refractivity contribution in [3.63, 3.8) is 0 Å². The van der Waals surface area contributed by atoms with E-state index in [-0.39, 0.29) is 5.92 Å². The Balaban J connectivity index is 2.97. The second-order valence-electron chi connectivity index (χ2n) is 4.93. The maximum Gasteiger partial charge on any atom is 0.433 e. The molecule has 1 aromatic rings. The molecule has 0 aromatic carbocycles. The number of hydrogen-bond acceptors (Lipinski definition) is 3. The van der Waals surface area contributed by atoms with Crippen molar-refractivity contribution in [2.24, 2.45) is 11.7 Å². The molecule has 0 radical (unpaired) electrons. The second-order valence-corrected chi connectivity index (χ2v) is 5.46. The lowest BCUT2D eigenvalue weighted by Crippen LogP contribution is -2.32. The third-order valence-corrected chi connectivity index (χ3v) is 2.77. The monoisotopic (exact) mass is 305 g/mol. The predicted molar refractivity (Wildman–Crippen MR) is 77.7 cm³/mol. The lowest BCUT2D eigenvalue weighted by Gasteiger charge is -2.26. The number of nitrogens with zero attached hydrogens (tertiary/aromatic N) is 2. The zero-order chi connectivity index (χ0) is 15.3. The number of nitrogens with two attached hydrogens (primary N) is 1. The van der Waals surface area contributed by atoms with Gasteiger partial charge in [-0.2, -0.15) is 13.2 Å². The smallest absolute Gasteiger partial charge is 0.393 e. The van der Waals surface area contributed by atoms with Gasteiger partial charge in [0.1, 0.15) is 11.5 Å². The summed E-state index contributed by atoms with van der Waals surface area (Å²) in [6.07, 6.45) is -4.00. The van der Waals surface area contributed by atoms with Crippen LogP contribution in [0.1, 0.15) is 26.0 Å². The number of anilines is 1. The Bertz CT molecular complexity index is 460. The Morgan fingerprint density at radius 2 is 2.05 bits per heavy atom. The highest BCUT2D eigenvalue weighted by molar-refractivity contribution is 7.80. The molecule has 1 aromatic heterocycles. The first-order valence-corrected chi connectivity index (χ1v) is 6.68. The molecule has 0 aliphatic heterocycles. The van der Waals surface area contributed by atoms with E-state index in [0.29, 0.717) is 30.3 Å². The summed E-state index contributed by atoms with van der Waals surface area (Å²) >= 11 is 4.81. The highest BCUT2D eigenvalue weighted by Gasteiger charge is 2.32. The molecule has 1 rings (SSSR count). The van der Waals surface area contributed by atoms with Gasteiger partial charge in [0.15, 0.2) is 0 Å². The van der Waals surface area contributed by atoms with Crippen LogP contribution in [0, 0.1) is 5.92 Å². The molecule has 0 aliphatic rings. The average molecular weight is 305 g/mol. The Hall–Kier alpha value is -1.37. The molecule has 1 heterocycles. The molecule has 2 N–H and O–H groups in total. The molecule has 0 saturated carbocycles. The Morgan fingerprint density at radius 3 is 2.55 bits per heavy atom. The first-order chi connectivity index (χ1) is 9.20. The van der Waals surface area contributed by atoms with Gasteiger partial charge in [-0.15, -0.1) is 0 Å². The summed E-state index contributed by atoms with van der Waals surface area (Å²) in [5, 5.41) is 0. The van der Waals surface area contributed by atoms with Crippen molar-refractivity contribution in [1.29, 1.82) is 0 Å². The van der Waals surface area contributed by atoms with Gasteiger partial charge >= 0.3 is 6.18 Å². The summed E-state index contributed by atoms with van der Waals surface area (Å²) in [6.45, 7) is 5.03. The largest absolute Gasteiger partial charge is 0.433 e. The fourth-order valence-corrected chi connectivity index (χ4v) is 1.83. The molecule has 0 amide bonds. The van der Waals surface area contributed by atoms with Crippen LogP contribution in [0.5, 0.6) is 0 Å². The van der Waals surface area contributed by atoms with E-state index in [1.54, 1.807) is 11.0 Å². The molecule has 0 atom stereocenters. The second kappa shape index (κ2) is 6.88. The van der Waals surface area contributed by atoms with Gasteiger partial charge in [0.2, 0.25) is 0 Å². The number of hydrogen-bond donors (Lipinski definition) is 1. The lowest BCUT2D eigenvalue weighted by molar-refractivity contribution is -0.141. The summed E-state index contributed by atoms with van der Waals surface area (Å²) in [5.41, 5.74) is 4.56. The van der Waals surface area contributed by atoms with Gasteiger partial charge in [-0.05, 0) is 18.1 Å². The molecule has 3 nitrogen and oxygen atoms in total. The number of thiocarbonyl (C=S) groups is 1. The van der Waals surface area contributed by atoms with Gasteiger partial charge in [-0.3, -0.25) is 0 Å². The van der Waals surface area contributed by atoms with Crippen molar-refractivity contribution in [2.75, 3.05) is 18.0 Å². The quantitative estimate of drug-likeness (QED) is 0.819. The van der Waals surface area contributed by atoms with Crippen LogP contribution in [0.3, 0.4) is 0 Å². The number of pyridine rings is 1. The summed E-state index contributed by atoms with van der Waals surface area (Å²) in [7, 11) is 0. The van der Waals surface area contributed by atoms with Crippen LogP contribution in [0.25, 0.3) is 0 Å². The van der Waals surface area contributed by atoms with E-state index in [4.69, 9.17) is 18.0 Å². The fraction of sp³-hybridized carbons (Fsp3) is 0.538. The minimum Gasteiger partial charge on any atom is -0.393 e. The summed E-state index contributed by atoms with van der Waals surface area (Å²) in [5.74, 6) is 0.586. The van der Waals surface area contributed by atoms with Gasteiger partial charge < -0.3 is 10.6 Å². The van der Waals surface area contributed by atoms with Crippen molar-refractivity contribution in [3.8, 4) is 0 Å². The minimum atomic E-state index is -4.44. The number of rotatable bonds is 6. The van der Waals surface area contributed by atoms with Gasteiger partial charge in [-0.25, -0.2) is 4.98 Å². The Labute approximate surface area is 122 Å². The molecule has 0 bridgehead atoms. The van der Waals surface area contributed by atoms with E-state index in [2.05, 4.69) is 4.98 Å². The molecule has 0 unspecified atom stereocenters. The summed E-state index contributed by atoms with van der Waals surface area (Å²) in [4.78, 5) is 5.81. The van der Waals surface area contributed by atoms with Crippen LogP contribution in [-0.2, 0) is 6.18 Å². The standard InChI is InChI=1S/C13H18F3N3S/c1-9(2)8-19(7-6-11(17)20)12-5-3-4-10(18-12)13(14,15)16/h3-5,9H,6-8H2,1-2H3,(H2,17,20). The average Bonchev–Trinajstić information content (AvgIpc) is 2.33. The predicted octanol–water partition coefficient (Wildman–Crippen LogP) is 3.24. The Morgan fingerprint density at radius 1 is 1.40 bits per heavy atom. The van der Waals surface area contributed by atoms with Gasteiger partial charge in [0.25, 0.3) is 0 Å². The van der Waals surface area contributed by atoms with Crippen LogP contribution in [-0.4, -0.2) is 23.1 Å². The van der Waals surface area contributed by atoms with Crippen molar-refractivity contribution in [1.82, 2.24) is 4.98 Å². The molecule has 0 fully saturated rings. The van der Waals surface area contributed by atoms with E-state index in [0.717, 1.165) is 6.07 Å². The van der Waals surface area contributed by atoms with Gasteiger partial charge in [-0.1, -0.05) is 32.1 Å². The van der Waals surface area contributed by atoms with Gasteiger partial charge in [0, 0.05) is 19.5 Å². The molecule has 0 aliphatic carbocycles. The number of aromatic nitrogens is 1. The number of halogens is 3. The van der Waals surface area contributed by atoms with Crippen molar-refractivity contribution in [3.05, 3.63) is 23.9 Å². The molecule has 7 heteroatoms. The van der Waals surface area contributed by atoms with Crippen LogP contribution >= 0.6 is 12.2 Å². The summed E-state index contributed by atoms with van der Waals surface area (Å²) in [6, 6.07) is 3.89. The SMILES string of the molecule is CC(C)CN(CCC(N)=S)c1cccc(C(F)(F)F)n1. The maximum atomic E-state index is 12.7. The fourth-order valence-electron chi connectivity index (χ4n) is 1.74. The van der Waals surface area contributed by atoms with Crippen LogP contribution in [0.2, 0.25) is 0 Å². The zero-order valence-electron chi connectivity index (χ0n) is 11.4. The Kier molecular flexibility index (Phi) is 5.74. The van der Waals surface area contributed by atoms with Crippen LogP contribution < -0.4 is 10.6 Å². The zero-order valence-corrected chi connectivity index (χ0v) is 12.3. The molecular formula is C13H18F3N3S.